The summed E-state index contributed by atoms with van der Waals surface area (Å²) in [4.78, 5) is 3.14. The van der Waals surface area contributed by atoms with Crippen LogP contribution in [0.15, 0.2) is 12.1 Å². The van der Waals surface area contributed by atoms with Gasteiger partial charge < -0.3 is 4.98 Å². The molecule has 0 unspecified atom stereocenters. The average molecular weight is 180 g/mol. The van der Waals surface area contributed by atoms with Crippen LogP contribution in [-0.2, 0) is 0 Å². The molecule has 0 aromatic carbocycles. The summed E-state index contributed by atoms with van der Waals surface area (Å²) in [7, 11) is 0. The third-order valence-electron chi connectivity index (χ3n) is 1.56. The van der Waals surface area contributed by atoms with Crippen molar-refractivity contribution in [3.63, 3.8) is 0 Å². The van der Waals surface area contributed by atoms with Crippen LogP contribution < -0.4 is 0 Å². The van der Waals surface area contributed by atoms with E-state index < -0.39 is 0 Å². The summed E-state index contributed by atoms with van der Waals surface area (Å²) >= 11 is 0.815. The first-order valence-corrected chi connectivity index (χ1v) is 6.27. The molecule has 0 aliphatic rings. The van der Waals surface area contributed by atoms with Crippen LogP contribution >= 0.6 is 0 Å². The van der Waals surface area contributed by atoms with Crippen molar-refractivity contribution in [3.05, 3.63) is 23.5 Å². The molecule has 2 heteroatoms. The fraction of sp³-hybridized carbons (Fsp3) is 0.600. The minimum atomic E-state index is 0.815. The van der Waals surface area contributed by atoms with E-state index in [9.17, 15) is 0 Å². The minimum Gasteiger partial charge on any atom is -0.363 e. The van der Waals surface area contributed by atoms with Crippen LogP contribution in [0.1, 0.15) is 25.2 Å². The van der Waals surface area contributed by atoms with Crippen LogP contribution in [0, 0.1) is 13.8 Å². The van der Waals surface area contributed by atoms with Crippen LogP contribution in [0.5, 0.6) is 0 Å². The number of rotatable bonds is 2. The van der Waals surface area contributed by atoms with E-state index in [1.165, 1.54) is 22.0 Å². The monoisotopic (exact) mass is 180 g/mol. The molecule has 67 valence electrons. The zero-order valence-corrected chi connectivity index (χ0v) is 9.80. The summed E-state index contributed by atoms with van der Waals surface area (Å²) < 4.78 is 0. The van der Waals surface area contributed by atoms with Gasteiger partial charge in [0.05, 0.1) is 0 Å². The van der Waals surface area contributed by atoms with E-state index in [0.717, 1.165) is 15.2 Å². The number of aryl methyl sites for hydroxylation is 2. The smallest absolute Gasteiger partial charge is 0.198 e. The lowest BCUT2D eigenvalue weighted by Crippen LogP contribution is -1.76. The van der Waals surface area contributed by atoms with Crippen LogP contribution in [0.25, 0.3) is 0 Å². The van der Waals surface area contributed by atoms with E-state index in [4.69, 9.17) is 0 Å². The lowest BCUT2D eigenvalue weighted by molar-refractivity contribution is 1.19. The van der Waals surface area contributed by atoms with Gasteiger partial charge in [0.15, 0.2) is 15.2 Å². The zero-order chi connectivity index (χ0) is 9.40. The molecule has 0 spiro atoms. The van der Waals surface area contributed by atoms with Gasteiger partial charge in [0.1, 0.15) is 0 Å². The molecule has 0 saturated heterocycles. The van der Waals surface area contributed by atoms with Gasteiger partial charge in [-0.2, -0.15) is 0 Å². The molecule has 0 saturated carbocycles. The maximum atomic E-state index is 3.14. The summed E-state index contributed by atoms with van der Waals surface area (Å²) in [5.74, 6) is 0. The third-order valence-corrected chi connectivity index (χ3v) is 2.71. The maximum Gasteiger partial charge on any atom is 0.198 e. The average Bonchev–Trinajstić information content (AvgIpc) is 2.38. The molecule has 1 heterocycles. The highest BCUT2D eigenvalue weighted by molar-refractivity contribution is 6.34. The van der Waals surface area contributed by atoms with Gasteiger partial charge in [-0.3, -0.25) is 0 Å². The summed E-state index contributed by atoms with van der Waals surface area (Å²) in [5.41, 5.74) is 2.47. The molecule has 0 fully saturated rings. The quantitative estimate of drug-likeness (QED) is 0.673. The van der Waals surface area contributed by atoms with Crippen molar-refractivity contribution in [1.29, 1.82) is 0 Å². The van der Waals surface area contributed by atoms with E-state index in [2.05, 4.69) is 31.0 Å². The Morgan fingerprint density at radius 3 is 1.58 bits per heavy atom. The number of H-pyrrole nitrogens is 1. The summed E-state index contributed by atoms with van der Waals surface area (Å²) in [6.07, 6.45) is 0. The molecular weight excluding hydrogens is 161 g/mol. The van der Waals surface area contributed by atoms with Crippen molar-refractivity contribution in [2.75, 3.05) is 0 Å². The minimum absolute atomic E-state index is 0.815. The second kappa shape index (κ2) is 7.46. The van der Waals surface area contributed by atoms with Gasteiger partial charge in [-0.25, -0.2) is 0 Å². The topological polar surface area (TPSA) is 15.8 Å². The maximum absolute atomic E-state index is 3.14. The molecule has 1 radical (unpaired) electrons. The van der Waals surface area contributed by atoms with Crippen LogP contribution in [0.3, 0.4) is 0 Å². The number of hydrogen-bond acceptors (Lipinski definition) is 0. The molecular formula is C10H19AlN. The van der Waals surface area contributed by atoms with E-state index in [0.29, 0.717) is 0 Å². The van der Waals surface area contributed by atoms with Crippen LogP contribution in [0.2, 0.25) is 10.6 Å². The second-order valence-corrected chi connectivity index (χ2v) is 5.14. The van der Waals surface area contributed by atoms with Crippen molar-refractivity contribution in [2.24, 2.45) is 0 Å². The van der Waals surface area contributed by atoms with Crippen molar-refractivity contribution in [2.45, 2.75) is 38.3 Å². The first-order chi connectivity index (χ1) is 5.70. The molecule has 12 heavy (non-hydrogen) atoms. The summed E-state index contributed by atoms with van der Waals surface area (Å²) in [5, 5.41) is 2.85. The second-order valence-electron chi connectivity index (χ2n) is 2.93. The Morgan fingerprint density at radius 2 is 1.50 bits per heavy atom. The lowest BCUT2D eigenvalue weighted by Gasteiger charge is -1.77. The fourth-order valence-corrected chi connectivity index (χ4v) is 1.51. The number of hydrogen-bond donors (Lipinski definition) is 1. The third kappa shape index (κ3) is 6.52. The molecule has 1 aromatic heterocycles. The standard InChI is InChI=1S/C6H9N.2C2H5.Al/c1-5-3-4-6(2)7-5;2*1-2;/h3-4,7H,1-2H3;2*1H2,2H3;. The molecule has 0 aliphatic heterocycles. The van der Waals surface area contributed by atoms with Gasteiger partial charge in [-0.05, 0) is 26.0 Å². The highest BCUT2D eigenvalue weighted by atomic mass is 27.1. The van der Waals surface area contributed by atoms with E-state index in [1.54, 1.807) is 0 Å². The molecule has 0 aliphatic carbocycles. The predicted molar refractivity (Wildman–Crippen MR) is 57.0 cm³/mol. The van der Waals surface area contributed by atoms with Gasteiger partial charge in [0, 0.05) is 11.4 Å². The first-order valence-electron chi connectivity index (χ1n) is 4.64. The van der Waals surface area contributed by atoms with Gasteiger partial charge in [-0.15, -0.1) is 10.6 Å². The van der Waals surface area contributed by atoms with Gasteiger partial charge in [0.2, 0.25) is 0 Å². The Balaban J connectivity index is 0.000000217. The van der Waals surface area contributed by atoms with Gasteiger partial charge in [-0.1, -0.05) is 13.8 Å². The molecule has 0 atom stereocenters. The van der Waals surface area contributed by atoms with E-state index in [1.807, 2.05) is 13.8 Å². The van der Waals surface area contributed by atoms with Crippen molar-refractivity contribution < 1.29 is 0 Å². The number of aromatic nitrogens is 1. The molecule has 1 rings (SSSR count). The van der Waals surface area contributed by atoms with Gasteiger partial charge in [0.25, 0.3) is 0 Å². The normalized spacial score (nSPS) is 8.67. The zero-order valence-electron chi connectivity index (χ0n) is 8.65. The van der Waals surface area contributed by atoms with Crippen molar-refractivity contribution in [3.8, 4) is 0 Å². The number of nitrogens with one attached hydrogen (secondary N) is 1. The predicted octanol–water partition coefficient (Wildman–Crippen LogP) is 3.20. The molecule has 0 bridgehead atoms. The fourth-order valence-electron chi connectivity index (χ4n) is 0.933. The largest absolute Gasteiger partial charge is 0.363 e. The Hall–Kier alpha value is -0.188. The molecule has 1 nitrogen and oxygen atoms in total. The Labute approximate surface area is 82.3 Å². The summed E-state index contributed by atoms with van der Waals surface area (Å²) in [6.45, 7) is 8.59. The van der Waals surface area contributed by atoms with Crippen LogP contribution in [-0.4, -0.2) is 20.2 Å². The van der Waals surface area contributed by atoms with Crippen molar-refractivity contribution >= 4 is 15.2 Å². The van der Waals surface area contributed by atoms with E-state index in [-0.39, 0.29) is 0 Å². The lowest BCUT2D eigenvalue weighted by atomic mass is 10.5. The number of aromatic amines is 1. The Bertz CT molecular complexity index is 175. The Kier molecular flexibility index (Phi) is 7.34. The van der Waals surface area contributed by atoms with Gasteiger partial charge >= 0.3 is 0 Å². The van der Waals surface area contributed by atoms with Crippen molar-refractivity contribution in [1.82, 2.24) is 4.98 Å². The first kappa shape index (κ1) is 11.8. The highest BCUT2D eigenvalue weighted by Crippen LogP contribution is 1.95. The molecule has 1 N–H and O–H groups in total. The summed E-state index contributed by atoms with van der Waals surface area (Å²) in [6, 6.07) is 4.13. The van der Waals surface area contributed by atoms with Crippen LogP contribution in [0.4, 0.5) is 0 Å². The molecule has 1 aromatic rings. The SMILES string of the molecule is C[CH2][Al][CH2]C.Cc1ccc(C)[nH]1. The highest BCUT2D eigenvalue weighted by Gasteiger charge is 1.82. The van der Waals surface area contributed by atoms with E-state index >= 15 is 0 Å². The Morgan fingerprint density at radius 1 is 1.08 bits per heavy atom. The molecule has 0 amide bonds.